The van der Waals surface area contributed by atoms with Gasteiger partial charge in [0.25, 0.3) is 0 Å². The molecular formula is C18H17ClN2O. The van der Waals surface area contributed by atoms with E-state index in [1.807, 2.05) is 25.2 Å². The van der Waals surface area contributed by atoms with Crippen LogP contribution >= 0.6 is 11.6 Å². The van der Waals surface area contributed by atoms with E-state index >= 15 is 0 Å². The molecule has 3 nitrogen and oxygen atoms in total. The van der Waals surface area contributed by atoms with E-state index in [1.54, 1.807) is 4.90 Å². The van der Waals surface area contributed by atoms with Crippen molar-refractivity contribution in [3.05, 3.63) is 64.2 Å². The number of fused-ring (bicyclic) bond motifs is 5. The number of likely N-dealkylation sites (N-methyl/N-ethyl adjacent to an activating group) is 1. The number of hydrogen-bond acceptors (Lipinski definition) is 2. The van der Waals surface area contributed by atoms with Gasteiger partial charge in [-0.2, -0.15) is 0 Å². The lowest BCUT2D eigenvalue weighted by atomic mass is 9.88. The Labute approximate surface area is 135 Å². The zero-order chi connectivity index (χ0) is 15.3. The van der Waals surface area contributed by atoms with E-state index in [-0.39, 0.29) is 11.9 Å². The van der Waals surface area contributed by atoms with Gasteiger partial charge in [0.2, 0.25) is 5.91 Å². The topological polar surface area (TPSA) is 23.6 Å². The highest BCUT2D eigenvalue weighted by Crippen LogP contribution is 2.41. The summed E-state index contributed by atoms with van der Waals surface area (Å²) in [7, 11) is 1.85. The predicted molar refractivity (Wildman–Crippen MR) is 88.4 cm³/mol. The minimum atomic E-state index is 0.104. The van der Waals surface area contributed by atoms with Crippen LogP contribution in [0.1, 0.15) is 22.7 Å². The van der Waals surface area contributed by atoms with E-state index in [4.69, 9.17) is 11.6 Å². The SMILES string of the molecule is CN1C(=O)CN2CCc3ccccc3[C@H]2c2cc(Cl)ccc21. The first-order valence-corrected chi connectivity index (χ1v) is 7.91. The van der Waals surface area contributed by atoms with Crippen LogP contribution in [-0.2, 0) is 11.2 Å². The third-order valence-electron chi connectivity index (χ3n) is 4.74. The van der Waals surface area contributed by atoms with Gasteiger partial charge in [0.15, 0.2) is 0 Å². The highest BCUT2D eigenvalue weighted by Gasteiger charge is 2.35. The van der Waals surface area contributed by atoms with Crippen LogP contribution in [0.3, 0.4) is 0 Å². The molecule has 2 aromatic rings. The quantitative estimate of drug-likeness (QED) is 0.745. The Morgan fingerprint density at radius 3 is 2.82 bits per heavy atom. The number of halogens is 1. The lowest BCUT2D eigenvalue weighted by Crippen LogP contribution is -2.40. The maximum atomic E-state index is 12.5. The van der Waals surface area contributed by atoms with Gasteiger partial charge in [-0.05, 0) is 41.3 Å². The van der Waals surface area contributed by atoms with E-state index < -0.39 is 0 Å². The summed E-state index contributed by atoms with van der Waals surface area (Å²) in [6.45, 7) is 1.34. The van der Waals surface area contributed by atoms with Crippen LogP contribution in [0.5, 0.6) is 0 Å². The van der Waals surface area contributed by atoms with Crippen LogP contribution in [-0.4, -0.2) is 30.9 Å². The highest BCUT2D eigenvalue weighted by atomic mass is 35.5. The van der Waals surface area contributed by atoms with Crippen molar-refractivity contribution in [2.45, 2.75) is 12.5 Å². The van der Waals surface area contributed by atoms with Crippen molar-refractivity contribution in [2.24, 2.45) is 0 Å². The molecule has 0 fully saturated rings. The van der Waals surface area contributed by atoms with Crippen LogP contribution in [0.4, 0.5) is 5.69 Å². The number of carbonyl (C=O) groups excluding carboxylic acids is 1. The molecule has 0 aliphatic carbocycles. The smallest absolute Gasteiger partial charge is 0.240 e. The first-order valence-electron chi connectivity index (χ1n) is 7.53. The molecule has 2 aliphatic heterocycles. The van der Waals surface area contributed by atoms with Crippen molar-refractivity contribution >= 4 is 23.2 Å². The van der Waals surface area contributed by atoms with Crippen molar-refractivity contribution < 1.29 is 4.79 Å². The van der Waals surface area contributed by atoms with Gasteiger partial charge in [-0.3, -0.25) is 9.69 Å². The monoisotopic (exact) mass is 312 g/mol. The third-order valence-corrected chi connectivity index (χ3v) is 4.98. The molecule has 4 heteroatoms. The number of hydrogen-bond donors (Lipinski definition) is 0. The number of rotatable bonds is 0. The fourth-order valence-electron chi connectivity index (χ4n) is 3.62. The molecule has 0 bridgehead atoms. The molecule has 112 valence electrons. The first-order chi connectivity index (χ1) is 10.6. The number of amides is 1. The van der Waals surface area contributed by atoms with E-state index in [0.717, 1.165) is 24.2 Å². The van der Waals surface area contributed by atoms with Crippen LogP contribution in [0.25, 0.3) is 0 Å². The summed E-state index contributed by atoms with van der Waals surface area (Å²) >= 11 is 6.25. The van der Waals surface area contributed by atoms with Crippen molar-refractivity contribution in [3.8, 4) is 0 Å². The van der Waals surface area contributed by atoms with Crippen molar-refractivity contribution in [1.82, 2.24) is 4.90 Å². The average Bonchev–Trinajstić information content (AvgIpc) is 2.63. The molecule has 2 aromatic carbocycles. The van der Waals surface area contributed by atoms with E-state index in [1.165, 1.54) is 11.1 Å². The van der Waals surface area contributed by atoms with Crippen LogP contribution in [0.2, 0.25) is 5.02 Å². The van der Waals surface area contributed by atoms with E-state index in [0.29, 0.717) is 11.6 Å². The maximum Gasteiger partial charge on any atom is 0.240 e. The summed E-state index contributed by atoms with van der Waals surface area (Å²) in [6, 6.07) is 14.4. The van der Waals surface area contributed by atoms with Gasteiger partial charge in [-0.15, -0.1) is 0 Å². The summed E-state index contributed by atoms with van der Waals surface area (Å²) in [5, 5.41) is 0.713. The lowest BCUT2D eigenvalue weighted by Gasteiger charge is -2.36. The maximum absolute atomic E-state index is 12.5. The molecule has 1 amide bonds. The zero-order valence-corrected chi connectivity index (χ0v) is 13.2. The summed E-state index contributed by atoms with van der Waals surface area (Å²) in [5.41, 5.74) is 4.73. The number of benzene rings is 2. The van der Waals surface area contributed by atoms with Gasteiger partial charge in [0.1, 0.15) is 0 Å². The van der Waals surface area contributed by atoms with Crippen LogP contribution in [0.15, 0.2) is 42.5 Å². The van der Waals surface area contributed by atoms with Gasteiger partial charge < -0.3 is 4.90 Å². The zero-order valence-electron chi connectivity index (χ0n) is 12.4. The van der Waals surface area contributed by atoms with Gasteiger partial charge in [-0.25, -0.2) is 0 Å². The Morgan fingerprint density at radius 2 is 1.95 bits per heavy atom. The second-order valence-electron chi connectivity index (χ2n) is 5.98. The standard InChI is InChI=1S/C18H17ClN2O/c1-20-16-7-6-13(19)10-15(16)18-14-5-3-2-4-12(14)8-9-21(18)11-17(20)22/h2-7,10,18H,8-9,11H2,1H3/t18-/m0/s1. The Balaban J connectivity index is 1.97. The molecule has 2 aliphatic rings. The van der Waals surface area contributed by atoms with Crippen molar-refractivity contribution in [2.75, 3.05) is 25.0 Å². The number of nitrogens with zero attached hydrogens (tertiary/aromatic N) is 2. The van der Waals surface area contributed by atoms with Gasteiger partial charge in [-0.1, -0.05) is 35.9 Å². The minimum absolute atomic E-state index is 0.104. The largest absolute Gasteiger partial charge is 0.314 e. The Bertz CT molecular complexity index is 759. The summed E-state index contributed by atoms with van der Waals surface area (Å²) < 4.78 is 0. The Kier molecular flexibility index (Phi) is 3.21. The molecule has 0 saturated heterocycles. The van der Waals surface area contributed by atoms with Gasteiger partial charge in [0.05, 0.1) is 12.6 Å². The average molecular weight is 313 g/mol. The molecule has 2 heterocycles. The molecular weight excluding hydrogens is 296 g/mol. The first kappa shape index (κ1) is 13.8. The summed E-state index contributed by atoms with van der Waals surface area (Å²) in [5.74, 6) is 0.130. The minimum Gasteiger partial charge on any atom is -0.314 e. The fourth-order valence-corrected chi connectivity index (χ4v) is 3.80. The predicted octanol–water partition coefficient (Wildman–Crippen LogP) is 3.26. The molecule has 0 unspecified atom stereocenters. The molecule has 0 aromatic heterocycles. The lowest BCUT2D eigenvalue weighted by molar-refractivity contribution is -0.119. The van der Waals surface area contributed by atoms with Gasteiger partial charge in [0, 0.05) is 24.3 Å². The van der Waals surface area contributed by atoms with Crippen molar-refractivity contribution in [3.63, 3.8) is 0 Å². The molecule has 0 N–H and O–H groups in total. The summed E-state index contributed by atoms with van der Waals surface area (Å²) in [6.07, 6.45) is 0.986. The molecule has 1 atom stereocenters. The van der Waals surface area contributed by atoms with Crippen LogP contribution in [0, 0.1) is 0 Å². The molecule has 4 rings (SSSR count). The molecule has 0 radical (unpaired) electrons. The second-order valence-corrected chi connectivity index (χ2v) is 6.41. The fraction of sp³-hybridized carbons (Fsp3) is 0.278. The highest BCUT2D eigenvalue weighted by molar-refractivity contribution is 6.30. The van der Waals surface area contributed by atoms with Gasteiger partial charge >= 0.3 is 0 Å². The number of anilines is 1. The Hall–Kier alpha value is -1.84. The molecule has 22 heavy (non-hydrogen) atoms. The normalized spacial score (nSPS) is 20.9. The Morgan fingerprint density at radius 1 is 1.14 bits per heavy atom. The summed E-state index contributed by atoms with van der Waals surface area (Å²) in [4.78, 5) is 16.5. The van der Waals surface area contributed by atoms with E-state index in [9.17, 15) is 4.79 Å². The molecule has 0 saturated carbocycles. The second kappa shape index (κ2) is 5.11. The van der Waals surface area contributed by atoms with E-state index in [2.05, 4.69) is 29.2 Å². The molecule has 0 spiro atoms. The third kappa shape index (κ3) is 2.04. The number of carbonyl (C=O) groups is 1. The van der Waals surface area contributed by atoms with Crippen molar-refractivity contribution in [1.29, 1.82) is 0 Å². The van der Waals surface area contributed by atoms with Crippen LogP contribution < -0.4 is 4.90 Å².